The number of fused-ring (bicyclic) bond motifs is 1. The molecule has 0 radical (unpaired) electrons. The zero-order valence-corrected chi connectivity index (χ0v) is 16.6. The van der Waals surface area contributed by atoms with E-state index in [0.717, 1.165) is 33.4 Å². The molecule has 3 aromatic rings. The number of thiophene rings is 1. The zero-order chi connectivity index (χ0) is 18.0. The summed E-state index contributed by atoms with van der Waals surface area (Å²) >= 11 is 3.15. The predicted molar refractivity (Wildman–Crippen MR) is 104 cm³/mol. The van der Waals surface area contributed by atoms with Crippen LogP contribution in [0, 0.1) is 13.8 Å². The van der Waals surface area contributed by atoms with Crippen LogP contribution < -0.4 is 5.56 Å². The van der Waals surface area contributed by atoms with Gasteiger partial charge in [0.15, 0.2) is 5.16 Å². The fourth-order valence-electron chi connectivity index (χ4n) is 2.70. The maximum absolute atomic E-state index is 12.5. The highest BCUT2D eigenvalue weighted by molar-refractivity contribution is 7.99. The minimum absolute atomic E-state index is 0.00561. The molecule has 3 heterocycles. The molecule has 0 aromatic carbocycles. The Labute approximate surface area is 155 Å². The van der Waals surface area contributed by atoms with Gasteiger partial charge in [0.25, 0.3) is 5.56 Å². The summed E-state index contributed by atoms with van der Waals surface area (Å²) in [5, 5.41) is 9.83. The largest absolute Gasteiger partial charge is 0.309 e. The second kappa shape index (κ2) is 7.70. The predicted octanol–water partition coefficient (Wildman–Crippen LogP) is 4.24. The SMILES string of the molecule is CCCCCn1cnnc1S[C@H](C)c1nc2sc(C)c(C)c2c(=O)[nH]1. The first-order valence-corrected chi connectivity index (χ1v) is 10.2. The third-order valence-electron chi connectivity index (χ3n) is 4.31. The van der Waals surface area contributed by atoms with E-state index in [1.807, 2.05) is 20.8 Å². The van der Waals surface area contributed by atoms with Crippen LogP contribution in [0.3, 0.4) is 0 Å². The summed E-state index contributed by atoms with van der Waals surface area (Å²) in [6.07, 6.45) is 5.27. The van der Waals surface area contributed by atoms with Gasteiger partial charge in [-0.25, -0.2) is 4.98 Å². The molecule has 3 aromatic heterocycles. The van der Waals surface area contributed by atoms with Crippen molar-refractivity contribution in [3.05, 3.63) is 32.9 Å². The molecule has 0 spiro atoms. The van der Waals surface area contributed by atoms with Crippen LogP contribution in [0.2, 0.25) is 0 Å². The smallest absolute Gasteiger partial charge is 0.259 e. The molecule has 8 heteroatoms. The van der Waals surface area contributed by atoms with E-state index in [-0.39, 0.29) is 10.8 Å². The normalized spacial score (nSPS) is 12.8. The number of aryl methyl sites for hydroxylation is 3. The van der Waals surface area contributed by atoms with E-state index >= 15 is 0 Å². The van der Waals surface area contributed by atoms with Crippen molar-refractivity contribution in [2.75, 3.05) is 0 Å². The van der Waals surface area contributed by atoms with Gasteiger partial charge < -0.3 is 9.55 Å². The van der Waals surface area contributed by atoms with E-state index in [4.69, 9.17) is 0 Å². The maximum Gasteiger partial charge on any atom is 0.259 e. The number of nitrogens with zero attached hydrogens (tertiary/aromatic N) is 4. The number of rotatable bonds is 7. The fraction of sp³-hybridized carbons (Fsp3) is 0.529. The number of thioether (sulfide) groups is 1. The van der Waals surface area contributed by atoms with Crippen molar-refractivity contribution >= 4 is 33.3 Å². The molecule has 3 rings (SSSR count). The summed E-state index contributed by atoms with van der Waals surface area (Å²) in [4.78, 5) is 22.0. The van der Waals surface area contributed by atoms with Crippen LogP contribution in [0.1, 0.15) is 54.6 Å². The highest BCUT2D eigenvalue weighted by Crippen LogP contribution is 2.33. The average Bonchev–Trinajstić information content (AvgIpc) is 3.12. The number of nitrogens with one attached hydrogen (secondary N) is 1. The fourth-order valence-corrected chi connectivity index (χ4v) is 4.64. The number of hydrogen-bond donors (Lipinski definition) is 1. The third-order valence-corrected chi connectivity index (χ3v) is 6.51. The van der Waals surface area contributed by atoms with Crippen molar-refractivity contribution in [1.82, 2.24) is 24.7 Å². The number of aromatic amines is 1. The van der Waals surface area contributed by atoms with Crippen molar-refractivity contribution in [2.24, 2.45) is 0 Å². The summed E-state index contributed by atoms with van der Waals surface area (Å²) < 4.78 is 2.08. The van der Waals surface area contributed by atoms with E-state index < -0.39 is 0 Å². The summed E-state index contributed by atoms with van der Waals surface area (Å²) in [5.74, 6) is 0.687. The van der Waals surface area contributed by atoms with Crippen molar-refractivity contribution in [3.8, 4) is 0 Å². The molecular weight excluding hydrogens is 354 g/mol. The Bertz CT molecular complexity index is 927. The Hall–Kier alpha value is -1.67. The van der Waals surface area contributed by atoms with Gasteiger partial charge in [0.1, 0.15) is 17.0 Å². The van der Waals surface area contributed by atoms with Gasteiger partial charge in [-0.2, -0.15) is 0 Å². The van der Waals surface area contributed by atoms with E-state index in [0.29, 0.717) is 11.2 Å². The number of hydrogen-bond acceptors (Lipinski definition) is 6. The summed E-state index contributed by atoms with van der Waals surface area (Å²) in [6, 6.07) is 0. The monoisotopic (exact) mass is 377 g/mol. The minimum atomic E-state index is -0.0567. The first-order chi connectivity index (χ1) is 12.0. The molecule has 1 N–H and O–H groups in total. The molecule has 0 fully saturated rings. The van der Waals surface area contributed by atoms with Gasteiger partial charge >= 0.3 is 0 Å². The Morgan fingerprint density at radius 2 is 2.16 bits per heavy atom. The van der Waals surface area contributed by atoms with Crippen LogP contribution in [0.25, 0.3) is 10.2 Å². The van der Waals surface area contributed by atoms with Crippen LogP contribution in [-0.2, 0) is 6.54 Å². The summed E-state index contributed by atoms with van der Waals surface area (Å²) in [7, 11) is 0. The second-order valence-electron chi connectivity index (χ2n) is 6.19. The molecule has 1 atom stereocenters. The molecule has 0 bridgehead atoms. The Morgan fingerprint density at radius 3 is 2.92 bits per heavy atom. The Morgan fingerprint density at radius 1 is 1.36 bits per heavy atom. The number of unbranched alkanes of at least 4 members (excludes halogenated alkanes) is 2. The van der Waals surface area contributed by atoms with Crippen LogP contribution in [-0.4, -0.2) is 24.7 Å². The van der Waals surface area contributed by atoms with E-state index in [1.54, 1.807) is 29.4 Å². The van der Waals surface area contributed by atoms with Gasteiger partial charge in [0, 0.05) is 11.4 Å². The summed E-state index contributed by atoms with van der Waals surface area (Å²) in [5.41, 5.74) is 0.968. The van der Waals surface area contributed by atoms with Crippen molar-refractivity contribution in [2.45, 2.75) is 63.9 Å². The summed E-state index contributed by atoms with van der Waals surface area (Å²) in [6.45, 7) is 9.14. The Kier molecular flexibility index (Phi) is 5.58. The van der Waals surface area contributed by atoms with E-state index in [2.05, 4.69) is 31.7 Å². The maximum atomic E-state index is 12.5. The molecule has 0 unspecified atom stereocenters. The van der Waals surface area contributed by atoms with Gasteiger partial charge in [-0.3, -0.25) is 4.79 Å². The lowest BCUT2D eigenvalue weighted by atomic mass is 10.2. The van der Waals surface area contributed by atoms with Gasteiger partial charge in [-0.05, 0) is 32.8 Å². The standard InChI is InChI=1S/C17H23N5OS2/c1-5-6-7-8-22-9-18-21-17(22)25-12(4)14-19-15(23)13-10(2)11(3)24-16(13)20-14/h9,12H,5-8H2,1-4H3,(H,19,20,23)/t12-/m1/s1. The molecule has 134 valence electrons. The molecule has 0 saturated carbocycles. The quantitative estimate of drug-likeness (QED) is 0.492. The first kappa shape index (κ1) is 18.1. The molecule has 0 amide bonds. The molecule has 0 aliphatic carbocycles. The van der Waals surface area contributed by atoms with Crippen molar-refractivity contribution < 1.29 is 0 Å². The lowest BCUT2D eigenvalue weighted by molar-refractivity contribution is 0.565. The molecular formula is C17H23N5OS2. The van der Waals surface area contributed by atoms with Gasteiger partial charge in [0.05, 0.1) is 10.6 Å². The molecule has 0 aliphatic heterocycles. The highest BCUT2D eigenvalue weighted by Gasteiger charge is 2.18. The molecule has 0 aliphatic rings. The number of aromatic nitrogens is 5. The van der Waals surface area contributed by atoms with Crippen LogP contribution >= 0.6 is 23.1 Å². The second-order valence-corrected chi connectivity index (χ2v) is 8.70. The lowest BCUT2D eigenvalue weighted by Gasteiger charge is -2.11. The van der Waals surface area contributed by atoms with Crippen molar-refractivity contribution in [1.29, 1.82) is 0 Å². The Balaban J connectivity index is 1.82. The first-order valence-electron chi connectivity index (χ1n) is 8.55. The van der Waals surface area contributed by atoms with Gasteiger partial charge in [-0.1, -0.05) is 31.5 Å². The van der Waals surface area contributed by atoms with Crippen LogP contribution in [0.5, 0.6) is 0 Å². The molecule has 6 nitrogen and oxygen atoms in total. The molecule has 0 saturated heterocycles. The van der Waals surface area contributed by atoms with Gasteiger partial charge in [-0.15, -0.1) is 21.5 Å². The minimum Gasteiger partial charge on any atom is -0.309 e. The van der Waals surface area contributed by atoms with E-state index in [1.165, 1.54) is 12.8 Å². The lowest BCUT2D eigenvalue weighted by Crippen LogP contribution is -2.12. The van der Waals surface area contributed by atoms with Crippen molar-refractivity contribution in [3.63, 3.8) is 0 Å². The zero-order valence-electron chi connectivity index (χ0n) is 15.0. The van der Waals surface area contributed by atoms with Gasteiger partial charge in [0.2, 0.25) is 0 Å². The molecule has 25 heavy (non-hydrogen) atoms. The average molecular weight is 378 g/mol. The van der Waals surface area contributed by atoms with Crippen LogP contribution in [0.15, 0.2) is 16.3 Å². The third kappa shape index (κ3) is 3.79. The highest BCUT2D eigenvalue weighted by atomic mass is 32.2. The van der Waals surface area contributed by atoms with Crippen LogP contribution in [0.4, 0.5) is 0 Å². The number of H-pyrrole nitrogens is 1. The van der Waals surface area contributed by atoms with E-state index in [9.17, 15) is 4.79 Å². The topological polar surface area (TPSA) is 76.5 Å².